The molecule has 94 valence electrons. The Morgan fingerprint density at radius 3 is 2.56 bits per heavy atom. The first-order valence-electron chi connectivity index (χ1n) is 5.86. The van der Waals surface area contributed by atoms with Crippen LogP contribution in [0.3, 0.4) is 0 Å². The minimum Gasteiger partial charge on any atom is -0.379 e. The van der Waals surface area contributed by atoms with Crippen molar-refractivity contribution in [1.82, 2.24) is 4.90 Å². The number of ether oxygens (including phenoxy) is 2. The SMILES string of the molecule is COC(C)(C)C(=O)N(C)CCOCC1CC1. The summed E-state index contributed by atoms with van der Waals surface area (Å²) in [4.78, 5) is 13.5. The van der Waals surface area contributed by atoms with Crippen LogP contribution in [0.1, 0.15) is 26.7 Å². The number of methoxy groups -OCH3 is 1. The molecule has 0 bridgehead atoms. The molecule has 0 atom stereocenters. The molecule has 0 spiro atoms. The maximum Gasteiger partial charge on any atom is 0.254 e. The van der Waals surface area contributed by atoms with Crippen molar-refractivity contribution in [3.8, 4) is 0 Å². The van der Waals surface area contributed by atoms with Crippen LogP contribution in [0.25, 0.3) is 0 Å². The van der Waals surface area contributed by atoms with Crippen LogP contribution >= 0.6 is 0 Å². The Kier molecular flexibility index (Phi) is 4.74. The number of hydrogen-bond acceptors (Lipinski definition) is 3. The van der Waals surface area contributed by atoms with Crippen molar-refractivity contribution in [2.45, 2.75) is 32.3 Å². The smallest absolute Gasteiger partial charge is 0.254 e. The summed E-state index contributed by atoms with van der Waals surface area (Å²) in [5.41, 5.74) is -0.745. The van der Waals surface area contributed by atoms with Gasteiger partial charge >= 0.3 is 0 Å². The second-order valence-corrected chi connectivity index (χ2v) is 4.96. The molecule has 4 heteroatoms. The highest BCUT2D eigenvalue weighted by molar-refractivity contribution is 5.84. The molecule has 0 unspecified atom stereocenters. The van der Waals surface area contributed by atoms with Crippen molar-refractivity contribution in [3.63, 3.8) is 0 Å². The third-order valence-electron chi connectivity index (χ3n) is 2.99. The predicted octanol–water partition coefficient (Wildman–Crippen LogP) is 1.30. The van der Waals surface area contributed by atoms with E-state index in [1.165, 1.54) is 12.8 Å². The van der Waals surface area contributed by atoms with E-state index in [2.05, 4.69) is 0 Å². The molecule has 0 radical (unpaired) electrons. The van der Waals surface area contributed by atoms with E-state index in [4.69, 9.17) is 9.47 Å². The summed E-state index contributed by atoms with van der Waals surface area (Å²) in [7, 11) is 3.33. The van der Waals surface area contributed by atoms with Gasteiger partial charge in [-0.3, -0.25) is 4.79 Å². The van der Waals surface area contributed by atoms with Gasteiger partial charge < -0.3 is 14.4 Å². The normalized spacial score (nSPS) is 16.2. The van der Waals surface area contributed by atoms with E-state index >= 15 is 0 Å². The van der Waals surface area contributed by atoms with E-state index < -0.39 is 5.60 Å². The van der Waals surface area contributed by atoms with E-state index in [0.717, 1.165) is 12.5 Å². The van der Waals surface area contributed by atoms with Gasteiger partial charge in [-0.05, 0) is 32.6 Å². The lowest BCUT2D eigenvalue weighted by Gasteiger charge is -2.28. The monoisotopic (exact) mass is 229 g/mol. The molecule has 4 nitrogen and oxygen atoms in total. The summed E-state index contributed by atoms with van der Waals surface area (Å²) in [5, 5.41) is 0. The first kappa shape index (κ1) is 13.5. The summed E-state index contributed by atoms with van der Waals surface area (Å²) < 4.78 is 10.6. The molecule has 1 saturated carbocycles. The van der Waals surface area contributed by atoms with Crippen LogP contribution in [-0.4, -0.2) is 50.3 Å². The van der Waals surface area contributed by atoms with Crippen LogP contribution in [0.4, 0.5) is 0 Å². The Bertz CT molecular complexity index is 236. The Morgan fingerprint density at radius 1 is 1.44 bits per heavy atom. The van der Waals surface area contributed by atoms with E-state index in [0.29, 0.717) is 13.2 Å². The Balaban J connectivity index is 2.17. The Morgan fingerprint density at radius 2 is 2.06 bits per heavy atom. The highest BCUT2D eigenvalue weighted by Gasteiger charge is 2.29. The highest BCUT2D eigenvalue weighted by Crippen LogP contribution is 2.28. The molecule has 0 heterocycles. The number of amides is 1. The average molecular weight is 229 g/mol. The third-order valence-corrected chi connectivity index (χ3v) is 2.99. The van der Waals surface area contributed by atoms with Gasteiger partial charge in [-0.25, -0.2) is 0 Å². The largest absolute Gasteiger partial charge is 0.379 e. The first-order chi connectivity index (χ1) is 7.47. The van der Waals surface area contributed by atoms with E-state index in [1.807, 2.05) is 0 Å². The summed E-state index contributed by atoms with van der Waals surface area (Å²) in [6.07, 6.45) is 2.59. The average Bonchev–Trinajstić information content (AvgIpc) is 3.06. The number of nitrogens with zero attached hydrogens (tertiary/aromatic N) is 1. The molecule has 0 aliphatic heterocycles. The number of hydrogen-bond donors (Lipinski definition) is 0. The third kappa shape index (κ3) is 4.10. The van der Waals surface area contributed by atoms with Crippen LogP contribution < -0.4 is 0 Å². The van der Waals surface area contributed by atoms with Crippen LogP contribution in [-0.2, 0) is 14.3 Å². The minimum absolute atomic E-state index is 0.00924. The quantitative estimate of drug-likeness (QED) is 0.618. The standard InChI is InChI=1S/C12H23NO3/c1-12(2,15-4)11(14)13(3)7-8-16-9-10-5-6-10/h10H,5-9H2,1-4H3. The fourth-order valence-corrected chi connectivity index (χ4v) is 1.38. The minimum atomic E-state index is -0.745. The zero-order valence-corrected chi connectivity index (χ0v) is 10.8. The summed E-state index contributed by atoms with van der Waals surface area (Å²) in [5.74, 6) is 0.765. The van der Waals surface area contributed by atoms with Crippen molar-refractivity contribution in [2.75, 3.05) is 33.9 Å². The maximum absolute atomic E-state index is 11.9. The second-order valence-electron chi connectivity index (χ2n) is 4.96. The summed E-state index contributed by atoms with van der Waals surface area (Å²) in [6.45, 7) is 5.63. The number of carbonyl (C=O) groups excluding carboxylic acids is 1. The van der Waals surface area contributed by atoms with Gasteiger partial charge in [0, 0.05) is 27.3 Å². The van der Waals surface area contributed by atoms with Crippen molar-refractivity contribution in [1.29, 1.82) is 0 Å². The van der Waals surface area contributed by atoms with E-state index in [9.17, 15) is 4.79 Å². The summed E-state index contributed by atoms with van der Waals surface area (Å²) in [6, 6.07) is 0. The zero-order chi connectivity index (χ0) is 12.2. The van der Waals surface area contributed by atoms with Gasteiger partial charge in [-0.1, -0.05) is 0 Å². The molecule has 0 aromatic rings. The molecule has 1 amide bonds. The molecule has 0 aromatic carbocycles. The fourth-order valence-electron chi connectivity index (χ4n) is 1.38. The van der Waals surface area contributed by atoms with Gasteiger partial charge in [0.05, 0.1) is 6.61 Å². The van der Waals surface area contributed by atoms with Crippen molar-refractivity contribution < 1.29 is 14.3 Å². The lowest BCUT2D eigenvalue weighted by atomic mass is 10.1. The van der Waals surface area contributed by atoms with Crippen LogP contribution in [0, 0.1) is 5.92 Å². The molecule has 16 heavy (non-hydrogen) atoms. The van der Waals surface area contributed by atoms with Gasteiger partial charge in [0.2, 0.25) is 0 Å². The van der Waals surface area contributed by atoms with Gasteiger partial charge in [0.15, 0.2) is 0 Å². The molecule has 0 saturated heterocycles. The Hall–Kier alpha value is -0.610. The molecular formula is C12H23NO3. The number of likely N-dealkylation sites (N-methyl/N-ethyl adjacent to an activating group) is 1. The lowest BCUT2D eigenvalue weighted by molar-refractivity contribution is -0.150. The van der Waals surface area contributed by atoms with Gasteiger partial charge in [0.1, 0.15) is 5.60 Å². The van der Waals surface area contributed by atoms with Gasteiger partial charge in [-0.15, -0.1) is 0 Å². The highest BCUT2D eigenvalue weighted by atomic mass is 16.5. The fraction of sp³-hybridized carbons (Fsp3) is 0.917. The van der Waals surface area contributed by atoms with Crippen molar-refractivity contribution in [3.05, 3.63) is 0 Å². The van der Waals surface area contributed by atoms with Gasteiger partial charge in [0.25, 0.3) is 5.91 Å². The van der Waals surface area contributed by atoms with Crippen molar-refractivity contribution in [2.24, 2.45) is 5.92 Å². The van der Waals surface area contributed by atoms with E-state index in [1.54, 1.807) is 32.9 Å². The van der Waals surface area contributed by atoms with Crippen LogP contribution in [0.15, 0.2) is 0 Å². The molecule has 1 rings (SSSR count). The number of carbonyl (C=O) groups is 1. The number of rotatable bonds is 7. The maximum atomic E-state index is 11.9. The molecule has 1 aliphatic carbocycles. The molecule has 0 N–H and O–H groups in total. The van der Waals surface area contributed by atoms with Gasteiger partial charge in [-0.2, -0.15) is 0 Å². The first-order valence-corrected chi connectivity index (χ1v) is 5.86. The predicted molar refractivity (Wildman–Crippen MR) is 62.3 cm³/mol. The van der Waals surface area contributed by atoms with Crippen LogP contribution in [0.2, 0.25) is 0 Å². The van der Waals surface area contributed by atoms with Crippen molar-refractivity contribution >= 4 is 5.91 Å². The molecule has 1 aliphatic rings. The molecule has 1 fully saturated rings. The second kappa shape index (κ2) is 5.64. The topological polar surface area (TPSA) is 38.8 Å². The lowest BCUT2D eigenvalue weighted by Crippen LogP contribution is -2.45. The molecule has 0 aromatic heterocycles. The van der Waals surface area contributed by atoms with E-state index in [-0.39, 0.29) is 5.91 Å². The van der Waals surface area contributed by atoms with Crippen LogP contribution in [0.5, 0.6) is 0 Å². The Labute approximate surface area is 97.9 Å². The molecular weight excluding hydrogens is 206 g/mol. The zero-order valence-electron chi connectivity index (χ0n) is 10.8. The summed E-state index contributed by atoms with van der Waals surface area (Å²) >= 11 is 0.